The molecule has 2 rings (SSSR count). The zero-order valence-electron chi connectivity index (χ0n) is 13.7. The highest BCUT2D eigenvalue weighted by atomic mass is 16.7. The van der Waals surface area contributed by atoms with Crippen LogP contribution in [-0.2, 0) is 23.7 Å². The van der Waals surface area contributed by atoms with Crippen LogP contribution in [0.4, 0.5) is 0 Å². The highest BCUT2D eigenvalue weighted by molar-refractivity contribution is 5.65. The first kappa shape index (κ1) is 20.4. The summed E-state index contributed by atoms with van der Waals surface area (Å²) in [7, 11) is 0. The Morgan fingerprint density at radius 2 is 1.56 bits per heavy atom. The van der Waals surface area contributed by atoms with E-state index in [4.69, 9.17) is 18.9 Å². The summed E-state index contributed by atoms with van der Waals surface area (Å²) < 4.78 is 20.3. The molecule has 0 aromatic rings. The summed E-state index contributed by atoms with van der Waals surface area (Å²) in [4.78, 5) is 10.9. The van der Waals surface area contributed by atoms with Gasteiger partial charge in [-0.25, -0.2) is 0 Å². The molecule has 10 atom stereocenters. The molecule has 2 fully saturated rings. The van der Waals surface area contributed by atoms with Crippen LogP contribution in [0.5, 0.6) is 0 Å². The fraction of sp³-hybridized carbons (Fsp3) is 0.929. The van der Waals surface area contributed by atoms with E-state index in [9.17, 15) is 35.4 Å². The summed E-state index contributed by atoms with van der Waals surface area (Å²) in [5.74, 6) is -0.638. The number of ether oxygens (including phenoxy) is 4. The lowest BCUT2D eigenvalue weighted by Crippen LogP contribution is -2.64. The largest absolute Gasteiger partial charge is 0.463 e. The van der Waals surface area contributed by atoms with Crippen LogP contribution in [0, 0.1) is 0 Å². The number of hydrogen-bond donors (Lipinski definition) is 6. The van der Waals surface area contributed by atoms with Crippen molar-refractivity contribution in [3.05, 3.63) is 0 Å². The number of esters is 1. The van der Waals surface area contributed by atoms with E-state index >= 15 is 0 Å². The number of rotatable bonds is 4. The number of carbonyl (C=O) groups excluding carboxylic acids is 1. The van der Waals surface area contributed by atoms with Crippen molar-refractivity contribution in [3.8, 4) is 0 Å². The lowest BCUT2D eigenvalue weighted by molar-refractivity contribution is -0.353. The van der Waals surface area contributed by atoms with Crippen LogP contribution in [0.3, 0.4) is 0 Å². The zero-order chi connectivity index (χ0) is 18.9. The van der Waals surface area contributed by atoms with Crippen molar-refractivity contribution in [2.45, 2.75) is 75.3 Å². The Labute approximate surface area is 143 Å². The van der Waals surface area contributed by atoms with Crippen molar-refractivity contribution in [3.63, 3.8) is 0 Å². The Bertz CT molecular complexity index is 446. The van der Waals surface area contributed by atoms with Gasteiger partial charge in [0, 0.05) is 6.92 Å². The Morgan fingerprint density at radius 1 is 0.920 bits per heavy atom. The van der Waals surface area contributed by atoms with Crippen molar-refractivity contribution >= 4 is 5.97 Å². The third kappa shape index (κ3) is 4.45. The number of aliphatic hydroxyl groups excluding tert-OH is 6. The van der Waals surface area contributed by atoms with E-state index in [-0.39, 0.29) is 0 Å². The van der Waals surface area contributed by atoms with E-state index in [0.29, 0.717) is 0 Å². The lowest BCUT2D eigenvalue weighted by Gasteiger charge is -2.45. The maximum atomic E-state index is 10.9. The fourth-order valence-corrected chi connectivity index (χ4v) is 2.69. The molecule has 0 bridgehead atoms. The van der Waals surface area contributed by atoms with E-state index in [0.717, 1.165) is 6.92 Å². The normalized spacial score (nSPS) is 48.2. The molecule has 0 aromatic heterocycles. The van der Waals surface area contributed by atoms with Crippen LogP contribution >= 0.6 is 0 Å². The SMILES string of the molecule is CC(=O)OC[C@H]1O[C@@H](O[C@@H]2[C@@H](O)[C@H](C)O[C@@H](O)[C@@H]2O)[C@H](O)[C@@H](O)[C@H]1O. The van der Waals surface area contributed by atoms with Crippen LogP contribution in [-0.4, -0.2) is 105 Å². The molecule has 25 heavy (non-hydrogen) atoms. The molecule has 11 heteroatoms. The van der Waals surface area contributed by atoms with E-state index in [1.807, 2.05) is 0 Å². The quantitative estimate of drug-likeness (QED) is 0.268. The van der Waals surface area contributed by atoms with Gasteiger partial charge in [0.25, 0.3) is 0 Å². The predicted octanol–water partition coefficient (Wildman–Crippen LogP) is -3.80. The van der Waals surface area contributed by atoms with Crippen molar-refractivity contribution in [1.82, 2.24) is 0 Å². The monoisotopic (exact) mass is 368 g/mol. The highest BCUT2D eigenvalue weighted by Gasteiger charge is 2.49. The molecular formula is C14H24O11. The number of hydrogen-bond acceptors (Lipinski definition) is 11. The second kappa shape index (κ2) is 8.20. The zero-order valence-corrected chi connectivity index (χ0v) is 13.7. The van der Waals surface area contributed by atoms with E-state index in [2.05, 4.69) is 0 Å². The topological polar surface area (TPSA) is 175 Å². The number of aliphatic hydroxyl groups is 6. The molecule has 0 aromatic carbocycles. The molecule has 2 saturated heterocycles. The van der Waals surface area contributed by atoms with Gasteiger partial charge in [-0.15, -0.1) is 0 Å². The molecule has 2 heterocycles. The predicted molar refractivity (Wildman–Crippen MR) is 76.8 cm³/mol. The molecule has 0 aliphatic carbocycles. The molecule has 0 saturated carbocycles. The molecule has 6 N–H and O–H groups in total. The molecule has 0 amide bonds. The minimum Gasteiger partial charge on any atom is -0.463 e. The minimum atomic E-state index is -1.71. The minimum absolute atomic E-state index is 0.405. The lowest BCUT2D eigenvalue weighted by atomic mass is 9.97. The van der Waals surface area contributed by atoms with E-state index in [1.165, 1.54) is 6.92 Å². The highest BCUT2D eigenvalue weighted by Crippen LogP contribution is 2.28. The summed E-state index contributed by atoms with van der Waals surface area (Å²) in [6.07, 6.45) is -14.6. The van der Waals surface area contributed by atoms with Gasteiger partial charge in [-0.2, -0.15) is 0 Å². The average Bonchev–Trinajstić information content (AvgIpc) is 2.55. The molecule has 0 unspecified atom stereocenters. The summed E-state index contributed by atoms with van der Waals surface area (Å²) in [6, 6.07) is 0. The van der Waals surface area contributed by atoms with Crippen molar-refractivity contribution in [2.75, 3.05) is 6.61 Å². The Kier molecular flexibility index (Phi) is 6.70. The van der Waals surface area contributed by atoms with Crippen LogP contribution in [0.1, 0.15) is 13.8 Å². The van der Waals surface area contributed by atoms with Gasteiger partial charge < -0.3 is 49.6 Å². The van der Waals surface area contributed by atoms with Gasteiger partial charge in [0.2, 0.25) is 0 Å². The average molecular weight is 368 g/mol. The second-order valence-electron chi connectivity index (χ2n) is 6.13. The van der Waals surface area contributed by atoms with Gasteiger partial charge in [-0.05, 0) is 6.92 Å². The smallest absolute Gasteiger partial charge is 0.302 e. The van der Waals surface area contributed by atoms with Gasteiger partial charge >= 0.3 is 5.97 Å². The van der Waals surface area contributed by atoms with Crippen LogP contribution < -0.4 is 0 Å². The molecule has 2 aliphatic heterocycles. The van der Waals surface area contributed by atoms with Crippen molar-refractivity contribution < 1.29 is 54.4 Å². The van der Waals surface area contributed by atoms with Gasteiger partial charge in [-0.3, -0.25) is 4.79 Å². The van der Waals surface area contributed by atoms with Crippen LogP contribution in [0.15, 0.2) is 0 Å². The molecule has 0 spiro atoms. The summed E-state index contributed by atoms with van der Waals surface area (Å²) in [6.45, 7) is 2.18. The standard InChI is InChI=1S/C14H24O11/c1-4-7(16)12(11(20)13(21)23-4)25-14-10(19)9(18)8(17)6(24-14)3-22-5(2)15/h4,6-14,16-21H,3H2,1-2H3/t4-,6+,7-,8-,9-,10+,11+,12+,13+,14-/m0/s1. The third-order valence-corrected chi connectivity index (χ3v) is 4.21. The Morgan fingerprint density at radius 3 is 2.16 bits per heavy atom. The Balaban J connectivity index is 2.09. The summed E-state index contributed by atoms with van der Waals surface area (Å²) in [5, 5.41) is 59.4. The maximum absolute atomic E-state index is 10.9. The van der Waals surface area contributed by atoms with Gasteiger partial charge in [0.05, 0.1) is 6.10 Å². The van der Waals surface area contributed by atoms with E-state index < -0.39 is 74.0 Å². The fourth-order valence-electron chi connectivity index (χ4n) is 2.69. The van der Waals surface area contributed by atoms with Crippen molar-refractivity contribution in [1.29, 1.82) is 0 Å². The second-order valence-corrected chi connectivity index (χ2v) is 6.13. The molecule has 0 radical (unpaired) electrons. The number of carbonyl (C=O) groups is 1. The first-order valence-corrected chi connectivity index (χ1v) is 7.81. The van der Waals surface area contributed by atoms with Gasteiger partial charge in [0.15, 0.2) is 12.6 Å². The first-order valence-electron chi connectivity index (χ1n) is 7.81. The Hall–Kier alpha value is -0.890. The summed E-state index contributed by atoms with van der Waals surface area (Å²) in [5.41, 5.74) is 0. The third-order valence-electron chi connectivity index (χ3n) is 4.21. The molecule has 2 aliphatic rings. The van der Waals surface area contributed by atoms with Crippen LogP contribution in [0.2, 0.25) is 0 Å². The molecule has 146 valence electrons. The van der Waals surface area contributed by atoms with Gasteiger partial charge in [-0.1, -0.05) is 0 Å². The van der Waals surface area contributed by atoms with Gasteiger partial charge in [0.1, 0.15) is 49.3 Å². The maximum Gasteiger partial charge on any atom is 0.302 e. The molecular weight excluding hydrogens is 344 g/mol. The van der Waals surface area contributed by atoms with Crippen LogP contribution in [0.25, 0.3) is 0 Å². The first-order chi connectivity index (χ1) is 11.6. The molecule has 11 nitrogen and oxygen atoms in total. The van der Waals surface area contributed by atoms with E-state index in [1.54, 1.807) is 0 Å². The van der Waals surface area contributed by atoms with Crippen molar-refractivity contribution in [2.24, 2.45) is 0 Å². The summed E-state index contributed by atoms with van der Waals surface area (Å²) >= 11 is 0.